The smallest absolute Gasteiger partial charge is 0.229 e. The minimum absolute atomic E-state index is 0.0566. The summed E-state index contributed by atoms with van der Waals surface area (Å²) in [5.74, 6) is 0.0858. The van der Waals surface area contributed by atoms with Gasteiger partial charge in [0.15, 0.2) is 9.84 Å². The van der Waals surface area contributed by atoms with Crippen molar-refractivity contribution in [2.45, 2.75) is 18.9 Å². The molecule has 1 atom stereocenters. The third-order valence-electron chi connectivity index (χ3n) is 4.43. The lowest BCUT2D eigenvalue weighted by Gasteiger charge is -2.25. The fraction of sp³-hybridized carbons (Fsp3) is 0.333. The molecule has 0 aliphatic carbocycles. The molecule has 2 heterocycles. The predicted molar refractivity (Wildman–Crippen MR) is 98.4 cm³/mol. The molecule has 1 aromatic carbocycles. The SMILES string of the molecule is CN(c1ccc(NC(=O)Cc2cccc(F)c2)nc1)C1CCS(=O)(=O)C1. The van der Waals surface area contributed by atoms with Crippen molar-refractivity contribution in [2.24, 2.45) is 0 Å². The van der Waals surface area contributed by atoms with E-state index in [1.807, 2.05) is 11.9 Å². The van der Waals surface area contributed by atoms with Gasteiger partial charge in [-0.2, -0.15) is 0 Å². The van der Waals surface area contributed by atoms with Crippen LogP contribution in [0.25, 0.3) is 0 Å². The fourth-order valence-electron chi connectivity index (χ4n) is 2.98. The van der Waals surface area contributed by atoms with Crippen LogP contribution in [0, 0.1) is 5.82 Å². The summed E-state index contributed by atoms with van der Waals surface area (Å²) in [7, 11) is -1.11. The maximum atomic E-state index is 13.2. The van der Waals surface area contributed by atoms with E-state index in [2.05, 4.69) is 10.3 Å². The number of anilines is 2. The van der Waals surface area contributed by atoms with E-state index in [0.717, 1.165) is 5.69 Å². The lowest BCUT2D eigenvalue weighted by Crippen LogP contribution is -2.32. The Balaban J connectivity index is 1.60. The summed E-state index contributed by atoms with van der Waals surface area (Å²) in [6.07, 6.45) is 2.26. The molecular formula is C18H20FN3O3S. The molecule has 138 valence electrons. The second kappa shape index (κ2) is 7.41. The van der Waals surface area contributed by atoms with Gasteiger partial charge in [-0.1, -0.05) is 12.1 Å². The molecule has 1 aliphatic heterocycles. The number of hydrogen-bond acceptors (Lipinski definition) is 5. The van der Waals surface area contributed by atoms with E-state index < -0.39 is 9.84 Å². The van der Waals surface area contributed by atoms with Gasteiger partial charge in [-0.15, -0.1) is 0 Å². The van der Waals surface area contributed by atoms with E-state index in [1.165, 1.54) is 12.1 Å². The zero-order chi connectivity index (χ0) is 18.7. The summed E-state index contributed by atoms with van der Waals surface area (Å²) in [5, 5.41) is 2.67. The molecule has 0 spiro atoms. The fourth-order valence-corrected chi connectivity index (χ4v) is 4.75. The van der Waals surface area contributed by atoms with Gasteiger partial charge < -0.3 is 10.2 Å². The van der Waals surface area contributed by atoms with Crippen LogP contribution in [0.2, 0.25) is 0 Å². The number of sulfone groups is 1. The second-order valence-corrected chi connectivity index (χ2v) is 8.65. The van der Waals surface area contributed by atoms with Crippen molar-refractivity contribution in [3.8, 4) is 0 Å². The molecule has 2 aromatic rings. The first-order chi connectivity index (χ1) is 12.3. The minimum atomic E-state index is -2.95. The van der Waals surface area contributed by atoms with Gasteiger partial charge in [0, 0.05) is 13.1 Å². The van der Waals surface area contributed by atoms with Gasteiger partial charge in [0.25, 0.3) is 0 Å². The lowest BCUT2D eigenvalue weighted by atomic mass is 10.1. The van der Waals surface area contributed by atoms with Crippen molar-refractivity contribution in [1.29, 1.82) is 0 Å². The van der Waals surface area contributed by atoms with Crippen LogP contribution in [0.3, 0.4) is 0 Å². The lowest BCUT2D eigenvalue weighted by molar-refractivity contribution is -0.115. The number of rotatable bonds is 5. The van der Waals surface area contributed by atoms with E-state index in [1.54, 1.807) is 30.5 Å². The van der Waals surface area contributed by atoms with Crippen LogP contribution in [-0.4, -0.2) is 43.9 Å². The number of aromatic nitrogens is 1. The highest BCUT2D eigenvalue weighted by molar-refractivity contribution is 7.91. The summed E-state index contributed by atoms with van der Waals surface area (Å²) < 4.78 is 36.4. The van der Waals surface area contributed by atoms with Crippen molar-refractivity contribution in [2.75, 3.05) is 28.8 Å². The number of benzene rings is 1. The average Bonchev–Trinajstić information content (AvgIpc) is 2.95. The summed E-state index contributed by atoms with van der Waals surface area (Å²) >= 11 is 0. The van der Waals surface area contributed by atoms with E-state index in [-0.39, 0.29) is 35.7 Å². The topological polar surface area (TPSA) is 79.4 Å². The van der Waals surface area contributed by atoms with E-state index in [0.29, 0.717) is 17.8 Å². The quantitative estimate of drug-likeness (QED) is 0.862. The van der Waals surface area contributed by atoms with Crippen LogP contribution in [-0.2, 0) is 21.1 Å². The highest BCUT2D eigenvalue weighted by atomic mass is 32.2. The Hall–Kier alpha value is -2.48. The Bertz CT molecular complexity index is 900. The largest absolute Gasteiger partial charge is 0.369 e. The van der Waals surface area contributed by atoms with Gasteiger partial charge in [0.05, 0.1) is 29.8 Å². The molecule has 1 amide bonds. The first-order valence-electron chi connectivity index (χ1n) is 8.26. The number of pyridine rings is 1. The summed E-state index contributed by atoms with van der Waals surface area (Å²) in [6.45, 7) is 0. The van der Waals surface area contributed by atoms with Crippen molar-refractivity contribution in [3.05, 3.63) is 54.0 Å². The number of carbonyl (C=O) groups is 1. The molecule has 0 bridgehead atoms. The van der Waals surface area contributed by atoms with Crippen molar-refractivity contribution in [3.63, 3.8) is 0 Å². The van der Waals surface area contributed by atoms with E-state index in [9.17, 15) is 17.6 Å². The molecule has 26 heavy (non-hydrogen) atoms. The molecule has 0 radical (unpaired) electrons. The molecule has 1 fully saturated rings. The predicted octanol–water partition coefficient (Wildman–Crippen LogP) is 2.03. The van der Waals surface area contributed by atoms with Crippen molar-refractivity contribution < 1.29 is 17.6 Å². The normalized spacial score (nSPS) is 18.5. The summed E-state index contributed by atoms with van der Waals surface area (Å²) in [4.78, 5) is 18.2. The van der Waals surface area contributed by atoms with Crippen LogP contribution in [0.4, 0.5) is 15.9 Å². The van der Waals surface area contributed by atoms with Gasteiger partial charge >= 0.3 is 0 Å². The van der Waals surface area contributed by atoms with Gasteiger partial charge in [-0.3, -0.25) is 4.79 Å². The zero-order valence-corrected chi connectivity index (χ0v) is 15.2. The first-order valence-corrected chi connectivity index (χ1v) is 10.1. The molecule has 8 heteroatoms. The molecular weight excluding hydrogens is 357 g/mol. The Kier molecular flexibility index (Phi) is 5.22. The monoisotopic (exact) mass is 377 g/mol. The van der Waals surface area contributed by atoms with Gasteiger partial charge in [0.2, 0.25) is 5.91 Å². The Morgan fingerprint density at radius 3 is 2.77 bits per heavy atom. The number of nitrogens with one attached hydrogen (secondary N) is 1. The molecule has 0 saturated carbocycles. The van der Waals surface area contributed by atoms with E-state index in [4.69, 9.17) is 0 Å². The third-order valence-corrected chi connectivity index (χ3v) is 6.18. The number of nitrogens with zero attached hydrogens (tertiary/aromatic N) is 2. The number of amides is 1. The number of halogens is 1. The second-order valence-electron chi connectivity index (χ2n) is 6.42. The number of hydrogen-bond donors (Lipinski definition) is 1. The standard InChI is InChI=1S/C18H20FN3O3S/c1-22(16-7-8-26(24,25)12-16)15-5-6-17(20-11-15)21-18(23)10-13-3-2-4-14(19)9-13/h2-6,9,11,16H,7-8,10,12H2,1H3,(H,20,21,23). The molecule has 1 aromatic heterocycles. The van der Waals surface area contributed by atoms with Crippen LogP contribution in [0.1, 0.15) is 12.0 Å². The molecule has 3 rings (SSSR count). The van der Waals surface area contributed by atoms with Crippen LogP contribution in [0.15, 0.2) is 42.6 Å². The molecule has 6 nitrogen and oxygen atoms in total. The molecule has 1 saturated heterocycles. The minimum Gasteiger partial charge on any atom is -0.369 e. The maximum Gasteiger partial charge on any atom is 0.229 e. The molecule has 1 unspecified atom stereocenters. The number of carbonyl (C=O) groups excluding carboxylic acids is 1. The maximum absolute atomic E-state index is 13.2. The first kappa shape index (κ1) is 18.3. The Morgan fingerprint density at radius 1 is 1.35 bits per heavy atom. The summed E-state index contributed by atoms with van der Waals surface area (Å²) in [6, 6.07) is 9.28. The van der Waals surface area contributed by atoms with E-state index >= 15 is 0 Å². The van der Waals surface area contributed by atoms with Gasteiger partial charge in [-0.05, 0) is 36.2 Å². The summed E-state index contributed by atoms with van der Waals surface area (Å²) in [5.41, 5.74) is 1.37. The Morgan fingerprint density at radius 2 is 2.15 bits per heavy atom. The van der Waals surface area contributed by atoms with Gasteiger partial charge in [-0.25, -0.2) is 17.8 Å². The van der Waals surface area contributed by atoms with Crippen LogP contribution < -0.4 is 10.2 Å². The van der Waals surface area contributed by atoms with Crippen molar-refractivity contribution >= 4 is 27.2 Å². The highest BCUT2D eigenvalue weighted by Crippen LogP contribution is 2.23. The molecule has 1 N–H and O–H groups in total. The highest BCUT2D eigenvalue weighted by Gasteiger charge is 2.30. The van der Waals surface area contributed by atoms with Gasteiger partial charge in [0.1, 0.15) is 11.6 Å². The van der Waals surface area contributed by atoms with Crippen molar-refractivity contribution in [1.82, 2.24) is 4.98 Å². The Labute approximate surface area is 152 Å². The van der Waals surface area contributed by atoms with Crippen LogP contribution in [0.5, 0.6) is 0 Å². The molecule has 1 aliphatic rings. The van der Waals surface area contributed by atoms with Crippen LogP contribution >= 0.6 is 0 Å². The third kappa shape index (κ3) is 4.57. The average molecular weight is 377 g/mol. The zero-order valence-electron chi connectivity index (χ0n) is 14.4.